The number of nitrogens with zero attached hydrogens (tertiary/aromatic N) is 1. The third kappa shape index (κ3) is 5.06. The largest absolute Gasteiger partial charge is 0.459 e. The third-order valence-electron chi connectivity index (χ3n) is 4.21. The zero-order valence-electron chi connectivity index (χ0n) is 14.5. The van der Waals surface area contributed by atoms with Crippen LogP contribution in [0, 0.1) is 0 Å². The highest BCUT2D eigenvalue weighted by molar-refractivity contribution is 5.96. The second kappa shape index (κ2) is 8.67. The number of hydrogen-bond donors (Lipinski definition) is 1. The fourth-order valence-electron chi connectivity index (χ4n) is 2.18. The molecule has 0 aliphatic rings. The highest BCUT2D eigenvalue weighted by Crippen LogP contribution is 2.16. The molecule has 0 unspecified atom stereocenters. The van der Waals surface area contributed by atoms with E-state index in [9.17, 15) is 14.7 Å². The molecule has 0 saturated carbocycles. The van der Waals surface area contributed by atoms with Crippen LogP contribution in [0.25, 0.3) is 0 Å². The van der Waals surface area contributed by atoms with Gasteiger partial charge in [-0.1, -0.05) is 13.8 Å². The van der Waals surface area contributed by atoms with Crippen molar-refractivity contribution in [1.29, 1.82) is 0 Å². The Morgan fingerprint density at radius 1 is 1.00 bits per heavy atom. The number of ether oxygens (including phenoxy) is 1. The molecule has 5 nitrogen and oxygen atoms in total. The Labute approximate surface area is 138 Å². The van der Waals surface area contributed by atoms with E-state index in [1.165, 1.54) is 0 Å². The molecule has 1 rings (SSSR count). The van der Waals surface area contributed by atoms with Crippen molar-refractivity contribution < 1.29 is 19.4 Å². The quantitative estimate of drug-likeness (QED) is 0.748. The maximum Gasteiger partial charge on any atom is 0.338 e. The standard InChI is InChI=1S/C18H27NO4/c1-5-18(22,6-2)13-23-17(21)15-11-9-14(10-12-15)16(20)19(7-3)8-4/h9-12,22H,5-8,13H2,1-4H3. The minimum absolute atomic E-state index is 0.0288. The Bertz CT molecular complexity index is 516. The number of carbonyl (C=O) groups is 2. The highest BCUT2D eigenvalue weighted by Gasteiger charge is 2.24. The summed E-state index contributed by atoms with van der Waals surface area (Å²) in [6.07, 6.45) is 1.04. The summed E-state index contributed by atoms with van der Waals surface area (Å²) in [5.41, 5.74) is -0.0616. The average molecular weight is 321 g/mol. The summed E-state index contributed by atoms with van der Waals surface area (Å²) in [5.74, 6) is -0.548. The molecule has 0 aromatic heterocycles. The Balaban J connectivity index is 2.73. The lowest BCUT2D eigenvalue weighted by atomic mass is 9.99. The molecule has 0 heterocycles. The monoisotopic (exact) mass is 321 g/mol. The van der Waals surface area contributed by atoms with Gasteiger partial charge in [-0.2, -0.15) is 0 Å². The smallest absolute Gasteiger partial charge is 0.338 e. The summed E-state index contributed by atoms with van der Waals surface area (Å²) in [5, 5.41) is 10.1. The van der Waals surface area contributed by atoms with E-state index in [2.05, 4.69) is 0 Å². The number of benzene rings is 1. The van der Waals surface area contributed by atoms with Gasteiger partial charge in [0.05, 0.1) is 11.2 Å². The van der Waals surface area contributed by atoms with Crippen molar-refractivity contribution in [1.82, 2.24) is 4.90 Å². The van der Waals surface area contributed by atoms with Crippen LogP contribution in [0.1, 0.15) is 61.3 Å². The van der Waals surface area contributed by atoms with E-state index in [0.717, 1.165) is 0 Å². The SMILES string of the molecule is CCN(CC)C(=O)c1ccc(C(=O)OCC(O)(CC)CC)cc1. The number of carbonyl (C=O) groups excluding carboxylic acids is 2. The molecule has 1 amide bonds. The zero-order chi connectivity index (χ0) is 17.5. The van der Waals surface area contributed by atoms with Crippen molar-refractivity contribution in [3.8, 4) is 0 Å². The molecule has 0 aliphatic heterocycles. The topological polar surface area (TPSA) is 66.8 Å². The van der Waals surface area contributed by atoms with Crippen LogP contribution in [0.2, 0.25) is 0 Å². The first-order chi connectivity index (χ1) is 10.9. The normalized spacial score (nSPS) is 11.2. The van der Waals surface area contributed by atoms with Gasteiger partial charge in [-0.3, -0.25) is 4.79 Å². The number of esters is 1. The van der Waals surface area contributed by atoms with E-state index >= 15 is 0 Å². The summed E-state index contributed by atoms with van der Waals surface area (Å²) in [6.45, 7) is 8.82. The molecule has 0 atom stereocenters. The Hall–Kier alpha value is -1.88. The number of aliphatic hydroxyl groups is 1. The lowest BCUT2D eigenvalue weighted by Gasteiger charge is -2.24. The van der Waals surface area contributed by atoms with Gasteiger partial charge in [-0.25, -0.2) is 4.79 Å². The van der Waals surface area contributed by atoms with Crippen LogP contribution in [-0.4, -0.2) is 47.2 Å². The van der Waals surface area contributed by atoms with E-state index in [1.54, 1.807) is 29.2 Å². The van der Waals surface area contributed by atoms with Crippen LogP contribution in [-0.2, 0) is 4.74 Å². The van der Waals surface area contributed by atoms with Crippen LogP contribution in [0.5, 0.6) is 0 Å². The van der Waals surface area contributed by atoms with Crippen LogP contribution in [0.3, 0.4) is 0 Å². The molecule has 128 valence electrons. The lowest BCUT2D eigenvalue weighted by molar-refractivity contribution is -0.0366. The maximum absolute atomic E-state index is 12.2. The molecule has 0 aliphatic carbocycles. The molecular formula is C18H27NO4. The van der Waals surface area contributed by atoms with Gasteiger partial charge < -0.3 is 14.7 Å². The van der Waals surface area contributed by atoms with Crippen LogP contribution in [0.4, 0.5) is 0 Å². The average Bonchev–Trinajstić information content (AvgIpc) is 2.60. The molecular weight excluding hydrogens is 294 g/mol. The van der Waals surface area contributed by atoms with E-state index in [-0.39, 0.29) is 12.5 Å². The molecule has 5 heteroatoms. The number of amides is 1. The predicted molar refractivity (Wildman–Crippen MR) is 89.5 cm³/mol. The van der Waals surface area contributed by atoms with Gasteiger partial charge in [0.1, 0.15) is 6.61 Å². The van der Waals surface area contributed by atoms with Gasteiger partial charge in [0.2, 0.25) is 0 Å². The van der Waals surface area contributed by atoms with Crippen LogP contribution >= 0.6 is 0 Å². The first-order valence-corrected chi connectivity index (χ1v) is 8.19. The molecule has 23 heavy (non-hydrogen) atoms. The van der Waals surface area contributed by atoms with Crippen molar-refractivity contribution in [3.63, 3.8) is 0 Å². The maximum atomic E-state index is 12.2. The zero-order valence-corrected chi connectivity index (χ0v) is 14.5. The fourth-order valence-corrected chi connectivity index (χ4v) is 2.18. The summed E-state index contributed by atoms with van der Waals surface area (Å²) < 4.78 is 5.18. The predicted octanol–water partition coefficient (Wildman–Crippen LogP) is 2.88. The van der Waals surface area contributed by atoms with Gasteiger partial charge in [-0.15, -0.1) is 0 Å². The van der Waals surface area contributed by atoms with Gasteiger partial charge in [0.25, 0.3) is 5.91 Å². The third-order valence-corrected chi connectivity index (χ3v) is 4.21. The summed E-state index contributed by atoms with van der Waals surface area (Å²) in [7, 11) is 0. The molecule has 1 aromatic rings. The fraction of sp³-hybridized carbons (Fsp3) is 0.556. The second-order valence-corrected chi connectivity index (χ2v) is 5.56. The first-order valence-electron chi connectivity index (χ1n) is 8.19. The summed E-state index contributed by atoms with van der Waals surface area (Å²) in [6, 6.07) is 6.41. The van der Waals surface area contributed by atoms with E-state index in [1.807, 2.05) is 27.7 Å². The van der Waals surface area contributed by atoms with Crippen LogP contribution in [0.15, 0.2) is 24.3 Å². The first kappa shape index (κ1) is 19.2. The number of rotatable bonds is 8. The molecule has 0 saturated heterocycles. The Kier molecular flexibility index (Phi) is 7.23. The molecule has 1 N–H and O–H groups in total. The molecule has 0 fully saturated rings. The van der Waals surface area contributed by atoms with Gasteiger partial charge in [0, 0.05) is 18.7 Å². The van der Waals surface area contributed by atoms with Crippen LogP contribution < -0.4 is 0 Å². The molecule has 0 spiro atoms. The number of hydrogen-bond acceptors (Lipinski definition) is 4. The molecule has 1 aromatic carbocycles. The van der Waals surface area contributed by atoms with E-state index in [4.69, 9.17) is 4.74 Å². The van der Waals surface area contributed by atoms with E-state index < -0.39 is 11.6 Å². The second-order valence-electron chi connectivity index (χ2n) is 5.56. The molecule has 0 radical (unpaired) electrons. The summed E-state index contributed by atoms with van der Waals surface area (Å²) >= 11 is 0. The van der Waals surface area contributed by atoms with Gasteiger partial charge in [0.15, 0.2) is 0 Å². The van der Waals surface area contributed by atoms with Gasteiger partial charge >= 0.3 is 5.97 Å². The minimum atomic E-state index is -0.978. The molecule has 0 bridgehead atoms. The van der Waals surface area contributed by atoms with Gasteiger partial charge in [-0.05, 0) is 51.0 Å². The van der Waals surface area contributed by atoms with Crippen molar-refractivity contribution in [2.75, 3.05) is 19.7 Å². The summed E-state index contributed by atoms with van der Waals surface area (Å²) in [4.78, 5) is 25.9. The van der Waals surface area contributed by atoms with Crippen molar-refractivity contribution in [2.45, 2.75) is 46.1 Å². The van der Waals surface area contributed by atoms with Crippen molar-refractivity contribution in [2.24, 2.45) is 0 Å². The minimum Gasteiger partial charge on any atom is -0.459 e. The Morgan fingerprint density at radius 3 is 1.91 bits per heavy atom. The van der Waals surface area contributed by atoms with E-state index in [0.29, 0.717) is 37.1 Å². The van der Waals surface area contributed by atoms with Crippen molar-refractivity contribution >= 4 is 11.9 Å². The lowest BCUT2D eigenvalue weighted by Crippen LogP contribution is -2.34. The Morgan fingerprint density at radius 2 is 1.48 bits per heavy atom. The van der Waals surface area contributed by atoms with Crippen molar-refractivity contribution in [3.05, 3.63) is 35.4 Å². The highest BCUT2D eigenvalue weighted by atomic mass is 16.5.